The first-order valence-corrected chi connectivity index (χ1v) is 8.43. The molecule has 1 heterocycles. The molecule has 0 unspecified atom stereocenters. The van der Waals surface area contributed by atoms with Crippen LogP contribution >= 0.6 is 11.3 Å². The molecule has 0 saturated carbocycles. The Balaban J connectivity index is 2.07. The van der Waals surface area contributed by atoms with Crippen molar-refractivity contribution in [2.24, 2.45) is 0 Å². The van der Waals surface area contributed by atoms with E-state index in [1.165, 1.54) is 10.4 Å². The molecule has 0 spiro atoms. The Labute approximate surface area is 141 Å². The Bertz CT molecular complexity index is 704. The average molecular weight is 330 g/mol. The zero-order valence-corrected chi connectivity index (χ0v) is 14.8. The molecule has 0 fully saturated rings. The SMILES string of the molecule is CCc1sc(C(=O)N(C)Cc2ccc(C(=O)NC)cc2)cc1C. The van der Waals surface area contributed by atoms with Crippen LogP contribution in [0.15, 0.2) is 30.3 Å². The molecule has 0 atom stereocenters. The maximum absolute atomic E-state index is 12.5. The molecule has 0 bridgehead atoms. The molecule has 23 heavy (non-hydrogen) atoms. The van der Waals surface area contributed by atoms with E-state index in [4.69, 9.17) is 0 Å². The Morgan fingerprint density at radius 2 is 1.87 bits per heavy atom. The predicted molar refractivity (Wildman–Crippen MR) is 94.1 cm³/mol. The zero-order chi connectivity index (χ0) is 17.0. The summed E-state index contributed by atoms with van der Waals surface area (Å²) >= 11 is 1.57. The van der Waals surface area contributed by atoms with Gasteiger partial charge in [-0.2, -0.15) is 0 Å². The third kappa shape index (κ3) is 3.99. The molecule has 5 heteroatoms. The number of benzene rings is 1. The number of nitrogens with one attached hydrogen (secondary N) is 1. The van der Waals surface area contributed by atoms with Gasteiger partial charge in [0, 0.05) is 31.1 Å². The van der Waals surface area contributed by atoms with Crippen LogP contribution in [0.5, 0.6) is 0 Å². The lowest BCUT2D eigenvalue weighted by Gasteiger charge is -2.16. The minimum Gasteiger partial charge on any atom is -0.355 e. The van der Waals surface area contributed by atoms with Crippen molar-refractivity contribution in [1.82, 2.24) is 10.2 Å². The molecule has 122 valence electrons. The van der Waals surface area contributed by atoms with Crippen molar-refractivity contribution in [3.05, 3.63) is 56.8 Å². The maximum Gasteiger partial charge on any atom is 0.263 e. The molecular formula is C18H22N2O2S. The molecule has 1 N–H and O–H groups in total. The van der Waals surface area contributed by atoms with E-state index in [0.29, 0.717) is 12.1 Å². The van der Waals surface area contributed by atoms with Gasteiger partial charge in [-0.05, 0) is 42.7 Å². The van der Waals surface area contributed by atoms with Crippen molar-refractivity contribution >= 4 is 23.2 Å². The number of hydrogen-bond donors (Lipinski definition) is 1. The summed E-state index contributed by atoms with van der Waals surface area (Å²) in [5.74, 6) is -0.0738. The van der Waals surface area contributed by atoms with Crippen LogP contribution in [0.25, 0.3) is 0 Å². The number of rotatable bonds is 5. The van der Waals surface area contributed by atoms with Crippen LogP contribution in [0.1, 0.15) is 43.0 Å². The summed E-state index contributed by atoms with van der Waals surface area (Å²) in [6.45, 7) is 4.67. The third-order valence-corrected chi connectivity index (χ3v) is 5.13. The van der Waals surface area contributed by atoms with Crippen LogP contribution in [0.2, 0.25) is 0 Å². The summed E-state index contributed by atoms with van der Waals surface area (Å²) in [6.07, 6.45) is 0.953. The van der Waals surface area contributed by atoms with E-state index in [2.05, 4.69) is 12.2 Å². The van der Waals surface area contributed by atoms with Crippen LogP contribution in [-0.4, -0.2) is 30.8 Å². The number of nitrogens with zero attached hydrogens (tertiary/aromatic N) is 1. The first kappa shape index (κ1) is 17.2. The monoisotopic (exact) mass is 330 g/mol. The van der Waals surface area contributed by atoms with Gasteiger partial charge in [0.15, 0.2) is 0 Å². The highest BCUT2D eigenvalue weighted by Gasteiger charge is 2.16. The first-order valence-electron chi connectivity index (χ1n) is 7.62. The van der Waals surface area contributed by atoms with E-state index in [0.717, 1.165) is 16.9 Å². The van der Waals surface area contributed by atoms with Gasteiger partial charge >= 0.3 is 0 Å². The smallest absolute Gasteiger partial charge is 0.263 e. The molecule has 2 aromatic rings. The Kier molecular flexibility index (Phi) is 5.55. The Hall–Kier alpha value is -2.14. The van der Waals surface area contributed by atoms with Gasteiger partial charge in [0.25, 0.3) is 11.8 Å². The van der Waals surface area contributed by atoms with E-state index in [-0.39, 0.29) is 11.8 Å². The zero-order valence-electron chi connectivity index (χ0n) is 14.0. The molecule has 2 rings (SSSR count). The Morgan fingerprint density at radius 3 is 2.39 bits per heavy atom. The molecule has 0 aliphatic rings. The number of amides is 2. The van der Waals surface area contributed by atoms with E-state index < -0.39 is 0 Å². The van der Waals surface area contributed by atoms with Gasteiger partial charge in [0.05, 0.1) is 4.88 Å². The fourth-order valence-corrected chi connectivity index (χ4v) is 3.52. The lowest BCUT2D eigenvalue weighted by atomic mass is 10.1. The van der Waals surface area contributed by atoms with Crippen molar-refractivity contribution in [3.63, 3.8) is 0 Å². The first-order chi connectivity index (χ1) is 11.0. The van der Waals surface area contributed by atoms with Crippen molar-refractivity contribution in [1.29, 1.82) is 0 Å². The van der Waals surface area contributed by atoms with Crippen LogP contribution < -0.4 is 5.32 Å². The van der Waals surface area contributed by atoms with Gasteiger partial charge in [-0.3, -0.25) is 9.59 Å². The highest BCUT2D eigenvalue weighted by molar-refractivity contribution is 7.14. The molecule has 1 aromatic heterocycles. The number of carbonyl (C=O) groups excluding carboxylic acids is 2. The highest BCUT2D eigenvalue weighted by atomic mass is 32.1. The second-order valence-corrected chi connectivity index (χ2v) is 6.64. The molecule has 0 saturated heterocycles. The van der Waals surface area contributed by atoms with Crippen LogP contribution in [-0.2, 0) is 13.0 Å². The predicted octanol–water partition coefficient (Wildman–Crippen LogP) is 3.25. The lowest BCUT2D eigenvalue weighted by Crippen LogP contribution is -2.25. The summed E-state index contributed by atoms with van der Waals surface area (Å²) in [5, 5.41) is 2.59. The van der Waals surface area contributed by atoms with E-state index in [9.17, 15) is 9.59 Å². The quantitative estimate of drug-likeness (QED) is 0.915. The Morgan fingerprint density at radius 1 is 1.22 bits per heavy atom. The number of thiophene rings is 1. The van der Waals surface area contributed by atoms with Gasteiger partial charge in [-0.1, -0.05) is 19.1 Å². The topological polar surface area (TPSA) is 49.4 Å². The molecule has 0 aliphatic carbocycles. The van der Waals surface area contributed by atoms with Crippen LogP contribution in [0, 0.1) is 6.92 Å². The minimum atomic E-state index is -0.109. The molecule has 1 aromatic carbocycles. The van der Waals surface area contributed by atoms with Gasteiger partial charge < -0.3 is 10.2 Å². The third-order valence-electron chi connectivity index (χ3n) is 3.76. The fourth-order valence-electron chi connectivity index (χ4n) is 2.42. The fraction of sp³-hybridized carbons (Fsp3) is 0.333. The molecule has 0 radical (unpaired) electrons. The highest BCUT2D eigenvalue weighted by Crippen LogP contribution is 2.23. The van der Waals surface area contributed by atoms with E-state index in [1.807, 2.05) is 25.1 Å². The summed E-state index contributed by atoms with van der Waals surface area (Å²) in [6, 6.07) is 9.28. The number of carbonyl (C=O) groups is 2. The van der Waals surface area contributed by atoms with Crippen molar-refractivity contribution in [2.75, 3.05) is 14.1 Å². The van der Waals surface area contributed by atoms with Gasteiger partial charge in [0.2, 0.25) is 0 Å². The number of aryl methyl sites for hydroxylation is 2. The molecule has 2 amide bonds. The molecule has 0 aliphatic heterocycles. The largest absolute Gasteiger partial charge is 0.355 e. The summed E-state index contributed by atoms with van der Waals surface area (Å²) in [5.41, 5.74) is 2.80. The second kappa shape index (κ2) is 7.42. The normalized spacial score (nSPS) is 10.4. The number of hydrogen-bond acceptors (Lipinski definition) is 3. The van der Waals surface area contributed by atoms with Crippen molar-refractivity contribution < 1.29 is 9.59 Å². The maximum atomic E-state index is 12.5. The minimum absolute atomic E-state index is 0.0353. The van der Waals surface area contributed by atoms with Crippen molar-refractivity contribution in [2.45, 2.75) is 26.8 Å². The summed E-state index contributed by atoms with van der Waals surface area (Å²) in [7, 11) is 3.41. The summed E-state index contributed by atoms with van der Waals surface area (Å²) < 4.78 is 0. The van der Waals surface area contributed by atoms with E-state index >= 15 is 0 Å². The average Bonchev–Trinajstić information content (AvgIpc) is 2.94. The van der Waals surface area contributed by atoms with Gasteiger partial charge in [-0.25, -0.2) is 0 Å². The van der Waals surface area contributed by atoms with Gasteiger partial charge in [-0.15, -0.1) is 11.3 Å². The lowest BCUT2D eigenvalue weighted by molar-refractivity contribution is 0.0789. The second-order valence-electron chi connectivity index (χ2n) is 5.51. The molecular weight excluding hydrogens is 308 g/mol. The van der Waals surface area contributed by atoms with E-state index in [1.54, 1.807) is 42.5 Å². The van der Waals surface area contributed by atoms with Crippen LogP contribution in [0.3, 0.4) is 0 Å². The standard InChI is InChI=1S/C18H22N2O2S/c1-5-15-12(2)10-16(23-15)18(22)20(4)11-13-6-8-14(9-7-13)17(21)19-3/h6-10H,5,11H2,1-4H3,(H,19,21). The van der Waals surface area contributed by atoms with Crippen molar-refractivity contribution in [3.8, 4) is 0 Å². The van der Waals surface area contributed by atoms with Crippen LogP contribution in [0.4, 0.5) is 0 Å². The van der Waals surface area contributed by atoms with Gasteiger partial charge in [0.1, 0.15) is 0 Å². The summed E-state index contributed by atoms with van der Waals surface area (Å²) in [4.78, 5) is 27.8. The molecule has 4 nitrogen and oxygen atoms in total.